The van der Waals surface area contributed by atoms with Crippen LogP contribution in [0.1, 0.15) is 44.3 Å². The fraction of sp³-hybridized carbons (Fsp3) is 0.684. The molecule has 3 rings (SSSR count). The van der Waals surface area contributed by atoms with E-state index in [1.54, 1.807) is 0 Å². The van der Waals surface area contributed by atoms with Crippen LogP contribution < -0.4 is 15.5 Å². The van der Waals surface area contributed by atoms with Crippen LogP contribution in [0.5, 0.6) is 0 Å². The average molecular weight is 388 g/mol. The first kappa shape index (κ1) is 20.2. The molecule has 0 saturated carbocycles. The number of unbranched alkanes of at least 4 members (excludes halogenated alkanes) is 1. The summed E-state index contributed by atoms with van der Waals surface area (Å²) in [6, 6.07) is 0.350. The molecule has 3 heterocycles. The highest BCUT2D eigenvalue weighted by Gasteiger charge is 2.22. The van der Waals surface area contributed by atoms with Crippen molar-refractivity contribution in [3.05, 3.63) is 24.0 Å². The quantitative estimate of drug-likeness (QED) is 0.424. The minimum atomic E-state index is 0.350. The van der Waals surface area contributed by atoms with Crippen molar-refractivity contribution < 1.29 is 0 Å². The first-order valence-corrected chi connectivity index (χ1v) is 10.2. The van der Waals surface area contributed by atoms with E-state index in [0.717, 1.165) is 62.9 Å². The van der Waals surface area contributed by atoms with Crippen molar-refractivity contribution in [3.63, 3.8) is 0 Å². The van der Waals surface area contributed by atoms with Crippen LogP contribution in [-0.2, 0) is 20.6 Å². The number of anilines is 1. The van der Waals surface area contributed by atoms with E-state index in [4.69, 9.17) is 4.99 Å². The van der Waals surface area contributed by atoms with Gasteiger partial charge in [-0.25, -0.2) is 4.99 Å². The van der Waals surface area contributed by atoms with Gasteiger partial charge in [0.2, 0.25) is 0 Å². The lowest BCUT2D eigenvalue weighted by atomic mass is 10.1. The molecule has 9 heteroatoms. The van der Waals surface area contributed by atoms with Gasteiger partial charge < -0.3 is 20.1 Å². The Morgan fingerprint density at radius 3 is 2.86 bits per heavy atom. The van der Waals surface area contributed by atoms with Crippen LogP contribution in [0.2, 0.25) is 0 Å². The molecule has 0 radical (unpaired) electrons. The van der Waals surface area contributed by atoms with Crippen molar-refractivity contribution in [3.8, 4) is 0 Å². The second-order valence-electron chi connectivity index (χ2n) is 7.47. The van der Waals surface area contributed by atoms with Crippen molar-refractivity contribution >= 4 is 11.6 Å². The highest BCUT2D eigenvalue weighted by Crippen LogP contribution is 2.19. The third-order valence-electron chi connectivity index (χ3n) is 5.20. The number of hydrogen-bond donors (Lipinski definition) is 2. The standard InChI is InChI=1S/C19H33N9/c1-5-6-9-20-19(21-12-18-25-24-15(2)27(18)4)23-16-8-7-10-28(13-16)17-11-22-26(3)14-17/h11,14,16H,5-10,12-13H2,1-4H3,(H2,20,21,23). The lowest BCUT2D eigenvalue weighted by Crippen LogP contribution is -2.51. The molecule has 0 spiro atoms. The Morgan fingerprint density at radius 2 is 2.18 bits per heavy atom. The van der Waals surface area contributed by atoms with Gasteiger partial charge in [0.05, 0.1) is 11.9 Å². The van der Waals surface area contributed by atoms with Gasteiger partial charge in [-0.3, -0.25) is 4.68 Å². The second kappa shape index (κ2) is 9.57. The van der Waals surface area contributed by atoms with Gasteiger partial charge >= 0.3 is 0 Å². The highest BCUT2D eigenvalue weighted by molar-refractivity contribution is 5.80. The van der Waals surface area contributed by atoms with Crippen LogP contribution in [0.3, 0.4) is 0 Å². The molecule has 1 saturated heterocycles. The number of rotatable bonds is 7. The van der Waals surface area contributed by atoms with E-state index in [-0.39, 0.29) is 0 Å². The molecule has 9 nitrogen and oxygen atoms in total. The Hall–Kier alpha value is -2.58. The van der Waals surface area contributed by atoms with Crippen LogP contribution in [-0.4, -0.2) is 56.2 Å². The Morgan fingerprint density at radius 1 is 1.32 bits per heavy atom. The molecule has 1 unspecified atom stereocenters. The topological polar surface area (TPSA) is 88.2 Å². The first-order chi connectivity index (χ1) is 13.6. The largest absolute Gasteiger partial charge is 0.367 e. The molecule has 2 N–H and O–H groups in total. The van der Waals surface area contributed by atoms with Crippen LogP contribution >= 0.6 is 0 Å². The van der Waals surface area contributed by atoms with Gasteiger partial charge in [0.1, 0.15) is 12.4 Å². The summed E-state index contributed by atoms with van der Waals surface area (Å²) in [5, 5.41) is 19.7. The molecule has 0 amide bonds. The molecule has 1 atom stereocenters. The van der Waals surface area contributed by atoms with Crippen molar-refractivity contribution in [1.29, 1.82) is 0 Å². The van der Waals surface area contributed by atoms with Gasteiger partial charge in [-0.05, 0) is 26.2 Å². The normalized spacial score (nSPS) is 17.8. The second-order valence-corrected chi connectivity index (χ2v) is 7.47. The summed E-state index contributed by atoms with van der Waals surface area (Å²) in [5.74, 6) is 2.62. The van der Waals surface area contributed by atoms with Crippen molar-refractivity contribution in [2.75, 3.05) is 24.5 Å². The fourth-order valence-electron chi connectivity index (χ4n) is 3.37. The van der Waals surface area contributed by atoms with Crippen LogP contribution in [0, 0.1) is 6.92 Å². The van der Waals surface area contributed by atoms with Crippen LogP contribution in [0.4, 0.5) is 5.69 Å². The molecule has 2 aromatic heterocycles. The molecule has 1 fully saturated rings. The number of aromatic nitrogens is 5. The summed E-state index contributed by atoms with van der Waals surface area (Å²) in [5.41, 5.74) is 1.18. The zero-order valence-corrected chi connectivity index (χ0v) is 17.5. The molecule has 154 valence electrons. The number of piperidine rings is 1. The maximum Gasteiger partial charge on any atom is 0.191 e. The lowest BCUT2D eigenvalue weighted by molar-refractivity contribution is 0.467. The zero-order chi connectivity index (χ0) is 19.9. The summed E-state index contributed by atoms with van der Waals surface area (Å²) in [6.07, 6.45) is 8.57. The number of aliphatic imine (C=N–C) groups is 1. The Kier molecular flexibility index (Phi) is 6.89. The molecule has 28 heavy (non-hydrogen) atoms. The zero-order valence-electron chi connectivity index (χ0n) is 17.5. The van der Waals surface area contributed by atoms with E-state index in [2.05, 4.69) is 44.0 Å². The molecule has 2 aromatic rings. The lowest BCUT2D eigenvalue weighted by Gasteiger charge is -2.34. The minimum Gasteiger partial charge on any atom is -0.367 e. The van der Waals surface area contributed by atoms with Gasteiger partial charge in [-0.2, -0.15) is 5.10 Å². The van der Waals surface area contributed by atoms with E-state index in [1.807, 2.05) is 36.5 Å². The average Bonchev–Trinajstić information content (AvgIpc) is 3.26. The summed E-state index contributed by atoms with van der Waals surface area (Å²) in [7, 11) is 3.94. The summed E-state index contributed by atoms with van der Waals surface area (Å²) >= 11 is 0. The predicted molar refractivity (Wildman–Crippen MR) is 111 cm³/mol. The number of guanidine groups is 1. The minimum absolute atomic E-state index is 0.350. The van der Waals surface area contributed by atoms with Crippen molar-refractivity contribution in [2.24, 2.45) is 19.1 Å². The van der Waals surface area contributed by atoms with E-state index < -0.39 is 0 Å². The van der Waals surface area contributed by atoms with Gasteiger partial charge in [0.15, 0.2) is 11.8 Å². The highest BCUT2D eigenvalue weighted by atomic mass is 15.3. The van der Waals surface area contributed by atoms with Crippen LogP contribution in [0.25, 0.3) is 0 Å². The van der Waals surface area contributed by atoms with Gasteiger partial charge in [-0.1, -0.05) is 13.3 Å². The molecule has 0 aromatic carbocycles. The molecule has 0 bridgehead atoms. The Labute approximate surface area is 167 Å². The Bertz CT molecular complexity index is 776. The molecule has 1 aliphatic heterocycles. The molecular formula is C19H33N9. The summed E-state index contributed by atoms with van der Waals surface area (Å²) in [6.45, 7) is 7.59. The number of nitrogens with zero attached hydrogens (tertiary/aromatic N) is 7. The maximum absolute atomic E-state index is 4.77. The number of hydrogen-bond acceptors (Lipinski definition) is 5. The SMILES string of the molecule is CCCCNC(=NCc1nnc(C)n1C)NC1CCCN(c2cnn(C)c2)C1. The number of nitrogens with one attached hydrogen (secondary N) is 2. The smallest absolute Gasteiger partial charge is 0.191 e. The Balaban J connectivity index is 1.64. The molecule has 0 aliphatic carbocycles. The molecular weight excluding hydrogens is 354 g/mol. The maximum atomic E-state index is 4.77. The van der Waals surface area contributed by atoms with Gasteiger partial charge in [-0.15, -0.1) is 10.2 Å². The van der Waals surface area contributed by atoms with Gasteiger partial charge in [0.25, 0.3) is 0 Å². The van der Waals surface area contributed by atoms with E-state index in [9.17, 15) is 0 Å². The van der Waals surface area contributed by atoms with E-state index >= 15 is 0 Å². The summed E-state index contributed by atoms with van der Waals surface area (Å²) in [4.78, 5) is 7.16. The summed E-state index contributed by atoms with van der Waals surface area (Å²) < 4.78 is 3.84. The van der Waals surface area contributed by atoms with Crippen LogP contribution in [0.15, 0.2) is 17.4 Å². The van der Waals surface area contributed by atoms with Crippen molar-refractivity contribution in [2.45, 2.75) is 52.1 Å². The van der Waals surface area contributed by atoms with Crippen molar-refractivity contribution in [1.82, 2.24) is 35.2 Å². The molecule has 1 aliphatic rings. The third kappa shape index (κ3) is 5.24. The number of aryl methyl sites for hydroxylation is 2. The monoisotopic (exact) mass is 387 g/mol. The predicted octanol–water partition coefficient (Wildman–Crippen LogP) is 1.36. The van der Waals surface area contributed by atoms with E-state index in [0.29, 0.717) is 12.6 Å². The third-order valence-corrected chi connectivity index (χ3v) is 5.20. The van der Waals surface area contributed by atoms with Gasteiger partial charge in [0, 0.05) is 46.0 Å². The first-order valence-electron chi connectivity index (χ1n) is 10.2. The fourth-order valence-corrected chi connectivity index (χ4v) is 3.37. The van der Waals surface area contributed by atoms with E-state index in [1.165, 1.54) is 5.69 Å².